The van der Waals surface area contributed by atoms with Crippen molar-refractivity contribution in [2.24, 2.45) is 5.92 Å². The minimum Gasteiger partial charge on any atom is -0.469 e. The molecule has 2 aromatic rings. The van der Waals surface area contributed by atoms with Crippen LogP contribution in [0.1, 0.15) is 28.3 Å². The summed E-state index contributed by atoms with van der Waals surface area (Å²) >= 11 is 6.10. The monoisotopic (exact) mass is 441 g/mol. The van der Waals surface area contributed by atoms with Gasteiger partial charge in [-0.25, -0.2) is 17.6 Å². The minimum atomic E-state index is -1.74. The van der Waals surface area contributed by atoms with Crippen LogP contribution in [-0.2, 0) is 9.53 Å². The molecular formula is C21H16ClF4NO3. The van der Waals surface area contributed by atoms with Gasteiger partial charge in [0.15, 0.2) is 17.5 Å². The summed E-state index contributed by atoms with van der Waals surface area (Å²) in [4.78, 5) is 24.7. The number of allylic oxidation sites excluding steroid dienone is 1. The summed E-state index contributed by atoms with van der Waals surface area (Å²) in [6, 6.07) is 4.52. The number of halogens is 5. The molecule has 3 atom stereocenters. The molecule has 1 N–H and O–H groups in total. The van der Waals surface area contributed by atoms with Crippen molar-refractivity contribution in [2.75, 3.05) is 7.11 Å². The Hall–Kier alpha value is -2.87. The van der Waals surface area contributed by atoms with Gasteiger partial charge in [-0.05, 0) is 42.2 Å². The van der Waals surface area contributed by atoms with Gasteiger partial charge in [0.1, 0.15) is 5.82 Å². The number of hydrogen-bond donors (Lipinski definition) is 1. The molecule has 2 aromatic carbocycles. The molecule has 0 saturated heterocycles. The number of methoxy groups -OCH3 is 1. The van der Waals surface area contributed by atoms with Crippen molar-refractivity contribution < 1.29 is 31.9 Å². The van der Waals surface area contributed by atoms with Crippen LogP contribution in [0.4, 0.5) is 17.6 Å². The van der Waals surface area contributed by atoms with Gasteiger partial charge in [-0.1, -0.05) is 29.8 Å². The molecule has 3 rings (SSSR count). The van der Waals surface area contributed by atoms with Crippen molar-refractivity contribution in [2.45, 2.75) is 18.4 Å². The molecule has 1 aliphatic carbocycles. The second-order valence-corrected chi connectivity index (χ2v) is 7.16. The number of benzene rings is 2. The van der Waals surface area contributed by atoms with Crippen LogP contribution >= 0.6 is 11.6 Å². The van der Waals surface area contributed by atoms with E-state index in [0.29, 0.717) is 11.6 Å². The van der Waals surface area contributed by atoms with E-state index in [2.05, 4.69) is 5.32 Å². The molecule has 0 aliphatic heterocycles. The highest BCUT2D eigenvalue weighted by Gasteiger charge is 2.35. The highest BCUT2D eigenvalue weighted by atomic mass is 35.5. The highest BCUT2D eigenvalue weighted by Crippen LogP contribution is 2.37. The number of amides is 1. The van der Waals surface area contributed by atoms with Gasteiger partial charge in [0, 0.05) is 11.1 Å². The first-order valence-electron chi connectivity index (χ1n) is 8.88. The Bertz CT molecular complexity index is 1030. The molecular weight excluding hydrogens is 426 g/mol. The van der Waals surface area contributed by atoms with Crippen molar-refractivity contribution in [1.82, 2.24) is 5.32 Å². The molecule has 0 aromatic heterocycles. The van der Waals surface area contributed by atoms with Gasteiger partial charge in [0.2, 0.25) is 0 Å². The summed E-state index contributed by atoms with van der Waals surface area (Å²) in [6.07, 6.45) is 3.48. The fraction of sp³-hybridized carbons (Fsp3) is 0.238. The summed E-state index contributed by atoms with van der Waals surface area (Å²) in [5, 5.41) is 2.55. The summed E-state index contributed by atoms with van der Waals surface area (Å²) in [6.45, 7) is 0. The second-order valence-electron chi connectivity index (χ2n) is 6.75. The van der Waals surface area contributed by atoms with Gasteiger partial charge in [0.25, 0.3) is 5.91 Å². The lowest BCUT2D eigenvalue weighted by atomic mass is 9.85. The zero-order valence-corrected chi connectivity index (χ0v) is 16.4. The molecule has 9 heteroatoms. The maximum atomic E-state index is 13.8. The molecule has 0 fully saturated rings. The summed E-state index contributed by atoms with van der Waals surface area (Å²) < 4.78 is 58.5. The van der Waals surface area contributed by atoms with E-state index in [0.717, 1.165) is 12.1 Å². The summed E-state index contributed by atoms with van der Waals surface area (Å²) in [7, 11) is 1.20. The van der Waals surface area contributed by atoms with Gasteiger partial charge in [-0.3, -0.25) is 9.59 Å². The van der Waals surface area contributed by atoms with E-state index in [9.17, 15) is 27.2 Å². The van der Waals surface area contributed by atoms with Gasteiger partial charge in [-0.15, -0.1) is 0 Å². The molecule has 158 valence electrons. The van der Waals surface area contributed by atoms with Crippen molar-refractivity contribution in [3.05, 3.63) is 81.9 Å². The van der Waals surface area contributed by atoms with Gasteiger partial charge in [0.05, 0.1) is 18.6 Å². The van der Waals surface area contributed by atoms with Gasteiger partial charge in [-0.2, -0.15) is 0 Å². The molecule has 1 aliphatic rings. The van der Waals surface area contributed by atoms with E-state index in [4.69, 9.17) is 16.3 Å². The average Bonchev–Trinajstić information content (AvgIpc) is 3.15. The molecule has 0 saturated carbocycles. The smallest absolute Gasteiger partial charge is 0.313 e. The van der Waals surface area contributed by atoms with Crippen LogP contribution in [-0.4, -0.2) is 25.0 Å². The lowest BCUT2D eigenvalue weighted by Gasteiger charge is -2.23. The number of hydrogen-bond acceptors (Lipinski definition) is 3. The first kappa shape index (κ1) is 21.8. The molecule has 0 spiro atoms. The summed E-state index contributed by atoms with van der Waals surface area (Å²) in [5.74, 6) is -8.14. The molecule has 4 nitrogen and oxygen atoms in total. The van der Waals surface area contributed by atoms with E-state index in [1.807, 2.05) is 0 Å². The Balaban J connectivity index is 1.77. The minimum absolute atomic E-state index is 0.0511. The van der Waals surface area contributed by atoms with Crippen molar-refractivity contribution in [3.63, 3.8) is 0 Å². The molecule has 30 heavy (non-hydrogen) atoms. The third kappa shape index (κ3) is 4.33. The molecule has 3 unspecified atom stereocenters. The summed E-state index contributed by atoms with van der Waals surface area (Å²) in [5.41, 5.74) is -0.282. The number of carbonyl (C=O) groups is 2. The third-order valence-corrected chi connectivity index (χ3v) is 5.22. The van der Waals surface area contributed by atoms with Gasteiger partial charge < -0.3 is 10.1 Å². The van der Waals surface area contributed by atoms with E-state index in [1.165, 1.54) is 19.2 Å². The maximum Gasteiger partial charge on any atom is 0.313 e. The third-order valence-electron chi connectivity index (χ3n) is 4.89. The van der Waals surface area contributed by atoms with Crippen molar-refractivity contribution >= 4 is 23.5 Å². The number of esters is 1. The largest absolute Gasteiger partial charge is 0.469 e. The fourth-order valence-electron chi connectivity index (χ4n) is 3.44. The number of ether oxygens (including phenoxy) is 1. The zero-order valence-electron chi connectivity index (χ0n) is 15.6. The van der Waals surface area contributed by atoms with Crippen molar-refractivity contribution in [1.29, 1.82) is 0 Å². The van der Waals surface area contributed by atoms with Crippen molar-refractivity contribution in [3.8, 4) is 0 Å². The van der Waals surface area contributed by atoms with E-state index < -0.39 is 58.6 Å². The molecule has 0 bridgehead atoms. The van der Waals surface area contributed by atoms with Crippen LogP contribution in [0.25, 0.3) is 0 Å². The SMILES string of the molecule is COC(=O)C(c1ccc(F)cc1Cl)C1C=CC(NC(=O)c2ccc(F)c(F)c2F)C1. The molecule has 0 radical (unpaired) electrons. The van der Waals surface area contributed by atoms with Crippen LogP contribution in [0, 0.1) is 29.2 Å². The fourth-order valence-corrected chi connectivity index (χ4v) is 3.73. The molecule has 0 heterocycles. The highest BCUT2D eigenvalue weighted by molar-refractivity contribution is 6.31. The number of carbonyl (C=O) groups excluding carboxylic acids is 2. The van der Waals surface area contributed by atoms with Crippen LogP contribution in [0.15, 0.2) is 42.5 Å². The predicted octanol–water partition coefficient (Wildman–Crippen LogP) is 4.53. The Morgan fingerprint density at radius 3 is 2.50 bits per heavy atom. The van der Waals surface area contributed by atoms with Gasteiger partial charge >= 0.3 is 5.97 Å². The lowest BCUT2D eigenvalue weighted by molar-refractivity contribution is -0.143. The van der Waals surface area contributed by atoms with E-state index >= 15 is 0 Å². The predicted molar refractivity (Wildman–Crippen MR) is 101 cm³/mol. The Morgan fingerprint density at radius 2 is 1.83 bits per heavy atom. The topological polar surface area (TPSA) is 55.4 Å². The first-order valence-corrected chi connectivity index (χ1v) is 9.26. The second kappa shape index (κ2) is 8.87. The number of rotatable bonds is 5. The zero-order chi connectivity index (χ0) is 22.0. The van der Waals surface area contributed by atoms with Crippen LogP contribution < -0.4 is 5.32 Å². The standard InChI is InChI=1S/C21H16ClF4NO3/c1-30-21(29)17(13-5-3-11(23)9-15(13)22)10-2-4-12(8-10)27-20(28)14-6-7-16(24)19(26)18(14)25/h2-7,9-10,12,17H,8H2,1H3,(H,27,28). The normalized spacial score (nSPS) is 18.9. The molecule has 1 amide bonds. The Labute approximate surface area is 174 Å². The van der Waals surface area contributed by atoms with Crippen LogP contribution in [0.5, 0.6) is 0 Å². The first-order chi connectivity index (χ1) is 14.2. The van der Waals surface area contributed by atoms with Crippen LogP contribution in [0.3, 0.4) is 0 Å². The number of nitrogens with one attached hydrogen (secondary N) is 1. The average molecular weight is 442 g/mol. The Kier molecular flexibility index (Phi) is 6.45. The van der Waals surface area contributed by atoms with E-state index in [1.54, 1.807) is 12.2 Å². The quantitative estimate of drug-likeness (QED) is 0.321. The van der Waals surface area contributed by atoms with E-state index in [-0.39, 0.29) is 11.4 Å². The van der Waals surface area contributed by atoms with Crippen LogP contribution in [0.2, 0.25) is 5.02 Å². The Morgan fingerprint density at radius 1 is 1.10 bits per heavy atom. The maximum absolute atomic E-state index is 13.8. The lowest BCUT2D eigenvalue weighted by Crippen LogP contribution is -2.34.